The summed E-state index contributed by atoms with van der Waals surface area (Å²) in [5.41, 5.74) is -1.08. The summed E-state index contributed by atoms with van der Waals surface area (Å²) in [5, 5.41) is 3.80. The van der Waals surface area contributed by atoms with Crippen molar-refractivity contribution < 1.29 is 27.5 Å². The SMILES string of the molecule is CN(C)C(=O)c1ccc(NC2CN(C3CCN(C(=O)C4(C(F)(F)F)COC4)CC3)C2)cc1Cl. The molecule has 182 valence electrons. The van der Waals surface area contributed by atoms with E-state index >= 15 is 0 Å². The maximum atomic E-state index is 13.4. The number of nitrogens with zero attached hydrogens (tertiary/aromatic N) is 3. The van der Waals surface area contributed by atoms with Crippen LogP contribution >= 0.6 is 11.6 Å². The van der Waals surface area contributed by atoms with Crippen LogP contribution in [0.15, 0.2) is 18.2 Å². The number of benzene rings is 1. The molecule has 0 radical (unpaired) electrons. The Morgan fingerprint density at radius 2 is 1.82 bits per heavy atom. The van der Waals surface area contributed by atoms with E-state index in [0.29, 0.717) is 36.5 Å². The molecule has 0 spiro atoms. The Balaban J connectivity index is 1.24. The van der Waals surface area contributed by atoms with Gasteiger partial charge in [-0.15, -0.1) is 0 Å². The number of carbonyl (C=O) groups excluding carboxylic acids is 2. The first-order valence-electron chi connectivity index (χ1n) is 11.0. The van der Waals surface area contributed by atoms with E-state index in [1.54, 1.807) is 26.2 Å². The van der Waals surface area contributed by atoms with Gasteiger partial charge in [-0.25, -0.2) is 0 Å². The standard InChI is InChI=1S/C22H28ClF3N4O3/c1-28(2)19(31)17-4-3-14(9-18(17)23)27-15-10-30(11-15)16-5-7-29(8-6-16)20(32)21(12-33-13-21)22(24,25)26/h3-4,9,15-16,27H,5-8,10-13H2,1-2H3. The van der Waals surface area contributed by atoms with Crippen molar-refractivity contribution in [3.63, 3.8) is 0 Å². The Labute approximate surface area is 195 Å². The smallest absolute Gasteiger partial charge is 0.380 e. The Kier molecular flexibility index (Phi) is 6.54. The Morgan fingerprint density at radius 1 is 1.18 bits per heavy atom. The van der Waals surface area contributed by atoms with Crippen LogP contribution in [0.25, 0.3) is 0 Å². The molecule has 0 unspecified atom stereocenters. The van der Waals surface area contributed by atoms with E-state index in [4.69, 9.17) is 16.3 Å². The molecule has 0 atom stereocenters. The Bertz CT molecular complexity index is 909. The molecule has 0 saturated carbocycles. The average molecular weight is 489 g/mol. The van der Waals surface area contributed by atoms with Crippen molar-refractivity contribution in [1.82, 2.24) is 14.7 Å². The first-order valence-corrected chi connectivity index (χ1v) is 11.4. The molecule has 1 aromatic carbocycles. The third-order valence-electron chi connectivity index (χ3n) is 6.80. The second-order valence-electron chi connectivity index (χ2n) is 9.29. The monoisotopic (exact) mass is 488 g/mol. The highest BCUT2D eigenvalue weighted by Crippen LogP contribution is 2.46. The quantitative estimate of drug-likeness (QED) is 0.690. The van der Waals surface area contributed by atoms with Gasteiger partial charge in [-0.1, -0.05) is 11.6 Å². The van der Waals surface area contributed by atoms with Crippen LogP contribution < -0.4 is 5.32 Å². The van der Waals surface area contributed by atoms with E-state index < -0.39 is 30.7 Å². The van der Waals surface area contributed by atoms with Crippen LogP contribution in [0, 0.1) is 5.41 Å². The van der Waals surface area contributed by atoms with Crippen LogP contribution in [-0.2, 0) is 9.53 Å². The van der Waals surface area contributed by atoms with Crippen molar-refractivity contribution in [1.29, 1.82) is 0 Å². The minimum atomic E-state index is -4.59. The van der Waals surface area contributed by atoms with Crippen molar-refractivity contribution in [2.45, 2.75) is 31.1 Å². The van der Waals surface area contributed by atoms with Crippen LogP contribution in [0.2, 0.25) is 5.02 Å². The molecule has 33 heavy (non-hydrogen) atoms. The van der Waals surface area contributed by atoms with Gasteiger partial charge in [0.2, 0.25) is 5.91 Å². The van der Waals surface area contributed by atoms with E-state index in [2.05, 4.69) is 10.2 Å². The van der Waals surface area contributed by atoms with Gasteiger partial charge in [0.05, 0.1) is 29.8 Å². The molecule has 2 amide bonds. The molecule has 3 aliphatic rings. The zero-order valence-corrected chi connectivity index (χ0v) is 19.4. The number of likely N-dealkylation sites (tertiary alicyclic amines) is 2. The van der Waals surface area contributed by atoms with Gasteiger partial charge in [0.1, 0.15) is 0 Å². The first kappa shape index (κ1) is 24.1. The minimum Gasteiger partial charge on any atom is -0.380 e. The van der Waals surface area contributed by atoms with Crippen LogP contribution in [0.5, 0.6) is 0 Å². The van der Waals surface area contributed by atoms with Crippen LogP contribution in [0.1, 0.15) is 23.2 Å². The topological polar surface area (TPSA) is 65.1 Å². The maximum Gasteiger partial charge on any atom is 0.407 e. The molecule has 1 aromatic rings. The summed E-state index contributed by atoms with van der Waals surface area (Å²) in [5.74, 6) is -1.01. The fraction of sp³-hybridized carbons (Fsp3) is 0.636. The number of carbonyl (C=O) groups is 2. The van der Waals surface area contributed by atoms with Gasteiger partial charge in [-0.3, -0.25) is 14.5 Å². The molecule has 3 aliphatic heterocycles. The molecule has 0 aliphatic carbocycles. The minimum absolute atomic E-state index is 0.155. The third kappa shape index (κ3) is 4.52. The summed E-state index contributed by atoms with van der Waals surface area (Å²) in [6, 6.07) is 5.74. The highest BCUT2D eigenvalue weighted by Gasteiger charge is 2.66. The molecule has 3 saturated heterocycles. The summed E-state index contributed by atoms with van der Waals surface area (Å²) in [7, 11) is 3.34. The summed E-state index contributed by atoms with van der Waals surface area (Å²) in [6.07, 6.45) is -3.28. The van der Waals surface area contributed by atoms with Gasteiger partial charge >= 0.3 is 6.18 Å². The van der Waals surface area contributed by atoms with E-state index in [9.17, 15) is 22.8 Å². The number of ether oxygens (including phenoxy) is 1. The van der Waals surface area contributed by atoms with Crippen molar-refractivity contribution in [3.8, 4) is 0 Å². The van der Waals surface area contributed by atoms with Crippen molar-refractivity contribution in [2.24, 2.45) is 5.41 Å². The van der Waals surface area contributed by atoms with Gasteiger partial charge < -0.3 is 19.9 Å². The summed E-state index contributed by atoms with van der Waals surface area (Å²) < 4.78 is 45.0. The molecule has 4 rings (SSSR count). The average Bonchev–Trinajstić information content (AvgIpc) is 2.68. The van der Waals surface area contributed by atoms with E-state index in [1.165, 1.54) is 9.80 Å². The third-order valence-corrected chi connectivity index (χ3v) is 7.12. The number of amides is 2. The van der Waals surface area contributed by atoms with Crippen LogP contribution in [0.4, 0.5) is 18.9 Å². The van der Waals surface area contributed by atoms with Crippen LogP contribution in [-0.4, -0.2) is 98.3 Å². The molecular weight excluding hydrogens is 461 g/mol. The number of hydrogen-bond acceptors (Lipinski definition) is 5. The summed E-state index contributed by atoms with van der Waals surface area (Å²) in [4.78, 5) is 29.8. The number of anilines is 1. The number of piperidine rings is 1. The molecule has 1 N–H and O–H groups in total. The van der Waals surface area contributed by atoms with Gasteiger partial charge in [0, 0.05) is 52.0 Å². The van der Waals surface area contributed by atoms with E-state index in [-0.39, 0.29) is 18.0 Å². The molecule has 0 bridgehead atoms. The molecule has 0 aromatic heterocycles. The normalized spacial score (nSPS) is 21.8. The molecule has 3 fully saturated rings. The lowest BCUT2D eigenvalue weighted by Crippen LogP contribution is -2.65. The lowest BCUT2D eigenvalue weighted by molar-refractivity contribution is -0.293. The van der Waals surface area contributed by atoms with Gasteiger partial charge in [-0.05, 0) is 31.0 Å². The Morgan fingerprint density at radius 3 is 2.30 bits per heavy atom. The van der Waals surface area contributed by atoms with Crippen molar-refractivity contribution in [2.75, 3.05) is 58.8 Å². The number of hydrogen-bond donors (Lipinski definition) is 1. The van der Waals surface area contributed by atoms with E-state index in [1.807, 2.05) is 6.07 Å². The molecule has 7 nitrogen and oxygen atoms in total. The number of alkyl halides is 3. The lowest BCUT2D eigenvalue weighted by Gasteiger charge is -2.49. The van der Waals surface area contributed by atoms with Crippen LogP contribution in [0.3, 0.4) is 0 Å². The largest absolute Gasteiger partial charge is 0.407 e. The molecule has 11 heteroatoms. The first-order chi connectivity index (χ1) is 15.5. The zero-order chi connectivity index (χ0) is 24.0. The van der Waals surface area contributed by atoms with Crippen molar-refractivity contribution >= 4 is 29.1 Å². The second-order valence-corrected chi connectivity index (χ2v) is 9.69. The predicted molar refractivity (Wildman–Crippen MR) is 117 cm³/mol. The fourth-order valence-corrected chi connectivity index (χ4v) is 4.87. The van der Waals surface area contributed by atoms with Crippen molar-refractivity contribution in [3.05, 3.63) is 28.8 Å². The van der Waals surface area contributed by atoms with Gasteiger partial charge in [0.15, 0.2) is 5.41 Å². The molecular formula is C22H28ClF3N4O3. The zero-order valence-electron chi connectivity index (χ0n) is 18.6. The number of nitrogens with one attached hydrogen (secondary N) is 1. The lowest BCUT2D eigenvalue weighted by atomic mass is 9.82. The summed E-state index contributed by atoms with van der Waals surface area (Å²) in [6.45, 7) is 1.09. The highest BCUT2D eigenvalue weighted by molar-refractivity contribution is 6.34. The summed E-state index contributed by atoms with van der Waals surface area (Å²) >= 11 is 6.27. The van der Waals surface area contributed by atoms with Gasteiger partial charge in [-0.2, -0.15) is 13.2 Å². The van der Waals surface area contributed by atoms with E-state index in [0.717, 1.165) is 18.8 Å². The predicted octanol–water partition coefficient (Wildman–Crippen LogP) is 2.71. The molecule has 3 heterocycles. The highest BCUT2D eigenvalue weighted by atomic mass is 35.5. The Hall–Kier alpha value is -2.04. The number of rotatable bonds is 5. The number of halogens is 4. The van der Waals surface area contributed by atoms with Gasteiger partial charge in [0.25, 0.3) is 5.91 Å². The second kappa shape index (κ2) is 8.96. The maximum absolute atomic E-state index is 13.4. The fourth-order valence-electron chi connectivity index (χ4n) is 4.61.